The van der Waals surface area contributed by atoms with Crippen molar-refractivity contribution in [2.24, 2.45) is 0 Å². The molecule has 2 aromatic heterocycles. The fraction of sp³-hybridized carbons (Fsp3) is 0.312. The van der Waals surface area contributed by atoms with Crippen molar-refractivity contribution in [1.29, 1.82) is 0 Å². The van der Waals surface area contributed by atoms with Crippen LogP contribution < -0.4 is 10.1 Å². The van der Waals surface area contributed by atoms with Crippen LogP contribution >= 0.6 is 11.6 Å². The van der Waals surface area contributed by atoms with E-state index in [0.717, 1.165) is 29.9 Å². The van der Waals surface area contributed by atoms with Crippen molar-refractivity contribution >= 4 is 23.2 Å². The first-order chi connectivity index (χ1) is 13.6. The van der Waals surface area contributed by atoms with Crippen molar-refractivity contribution in [2.75, 3.05) is 18.6 Å². The van der Waals surface area contributed by atoms with Gasteiger partial charge in [-0.2, -0.15) is 32.8 Å². The molecule has 0 radical (unpaired) electrons. The molecule has 13 heteroatoms. The van der Waals surface area contributed by atoms with Crippen molar-refractivity contribution in [3.05, 3.63) is 35.2 Å². The van der Waals surface area contributed by atoms with Crippen LogP contribution in [0.4, 0.5) is 32.2 Å². The molecule has 29 heavy (non-hydrogen) atoms. The SMILES string of the molecule is CC(Nc1c(-c2c(F)cc(OCCF)cc2F)c(Cl)nc2ncnn12)C(F)(F)F. The minimum absolute atomic E-state index is 0.181. The molecule has 1 N–H and O–H groups in total. The first-order valence-electron chi connectivity index (χ1n) is 8.04. The molecule has 1 unspecified atom stereocenters. The Morgan fingerprint density at radius 1 is 1.21 bits per heavy atom. The van der Waals surface area contributed by atoms with Crippen molar-refractivity contribution in [2.45, 2.75) is 19.1 Å². The monoisotopic (exact) mass is 439 g/mol. The second kappa shape index (κ2) is 7.93. The molecule has 0 aliphatic rings. The highest BCUT2D eigenvalue weighted by atomic mass is 35.5. The van der Waals surface area contributed by atoms with E-state index in [0.29, 0.717) is 0 Å². The van der Waals surface area contributed by atoms with Crippen LogP contribution in [0.3, 0.4) is 0 Å². The summed E-state index contributed by atoms with van der Waals surface area (Å²) in [6.07, 6.45) is -3.69. The quantitative estimate of drug-likeness (QED) is 0.454. The summed E-state index contributed by atoms with van der Waals surface area (Å²) in [5.74, 6) is -3.35. The molecule has 0 aliphatic carbocycles. The standard InChI is InChI=1S/C16H12ClF6N5O/c1-7(16(21,22)23)26-14-12(13(17)27-15-24-6-25-28(14)15)11-9(19)4-8(5-10(11)20)29-3-2-18/h4-7,26H,2-3H2,1H3. The lowest BCUT2D eigenvalue weighted by atomic mass is 10.1. The summed E-state index contributed by atoms with van der Waals surface area (Å²) in [5.41, 5.74) is -1.25. The molecule has 2 heterocycles. The Balaban J connectivity index is 2.21. The molecule has 3 aromatic rings. The topological polar surface area (TPSA) is 64.3 Å². The van der Waals surface area contributed by atoms with Crippen LogP contribution in [0.25, 0.3) is 16.9 Å². The molecule has 0 aliphatic heterocycles. The van der Waals surface area contributed by atoms with Crippen LogP contribution in [-0.2, 0) is 0 Å². The zero-order chi connectivity index (χ0) is 21.3. The van der Waals surface area contributed by atoms with Crippen LogP contribution in [0, 0.1) is 11.6 Å². The van der Waals surface area contributed by atoms with E-state index in [-0.39, 0.29) is 11.5 Å². The number of aromatic nitrogens is 4. The molecule has 3 rings (SSSR count). The van der Waals surface area contributed by atoms with Gasteiger partial charge in [0.2, 0.25) is 0 Å². The number of ether oxygens (including phenoxy) is 1. The van der Waals surface area contributed by atoms with E-state index in [1.165, 1.54) is 0 Å². The largest absolute Gasteiger partial charge is 0.491 e. The Kier molecular flexibility index (Phi) is 5.73. The lowest BCUT2D eigenvalue weighted by molar-refractivity contribution is -0.138. The molecule has 0 bridgehead atoms. The van der Waals surface area contributed by atoms with Gasteiger partial charge < -0.3 is 10.1 Å². The molecule has 0 fully saturated rings. The summed E-state index contributed by atoms with van der Waals surface area (Å²) in [6.45, 7) is -0.504. The number of hydrogen-bond acceptors (Lipinski definition) is 5. The fourth-order valence-corrected chi connectivity index (χ4v) is 2.75. The molecule has 0 saturated carbocycles. The Hall–Kier alpha value is -2.76. The van der Waals surface area contributed by atoms with Crippen molar-refractivity contribution in [3.63, 3.8) is 0 Å². The number of fused-ring (bicyclic) bond motifs is 1. The highest BCUT2D eigenvalue weighted by Gasteiger charge is 2.37. The highest BCUT2D eigenvalue weighted by molar-refractivity contribution is 6.33. The molecular weight excluding hydrogens is 428 g/mol. The Morgan fingerprint density at radius 3 is 2.45 bits per heavy atom. The van der Waals surface area contributed by atoms with Gasteiger partial charge in [0.1, 0.15) is 54.0 Å². The van der Waals surface area contributed by atoms with Gasteiger partial charge in [-0.25, -0.2) is 13.2 Å². The van der Waals surface area contributed by atoms with Crippen molar-refractivity contribution in [3.8, 4) is 16.9 Å². The number of nitrogens with zero attached hydrogens (tertiary/aromatic N) is 4. The van der Waals surface area contributed by atoms with Crippen molar-refractivity contribution < 1.29 is 31.1 Å². The third-order valence-corrected chi connectivity index (χ3v) is 4.11. The van der Waals surface area contributed by atoms with E-state index in [9.17, 15) is 26.3 Å². The van der Waals surface area contributed by atoms with Gasteiger partial charge in [-0.05, 0) is 6.92 Å². The Labute approximate surface area is 164 Å². The van der Waals surface area contributed by atoms with Gasteiger partial charge in [0.25, 0.3) is 5.78 Å². The van der Waals surface area contributed by atoms with Gasteiger partial charge >= 0.3 is 6.18 Å². The summed E-state index contributed by atoms with van der Waals surface area (Å²) in [7, 11) is 0. The summed E-state index contributed by atoms with van der Waals surface area (Å²) in [5, 5.41) is 5.36. The van der Waals surface area contributed by atoms with E-state index in [1.807, 2.05) is 0 Å². The van der Waals surface area contributed by atoms with Gasteiger partial charge in [-0.15, -0.1) is 0 Å². The van der Waals surface area contributed by atoms with E-state index in [1.54, 1.807) is 0 Å². The third kappa shape index (κ3) is 4.16. The summed E-state index contributed by atoms with van der Waals surface area (Å²) in [4.78, 5) is 7.54. The molecule has 0 spiro atoms. The number of halogens is 7. The van der Waals surface area contributed by atoms with Gasteiger partial charge in [-0.3, -0.25) is 0 Å². The second-order valence-electron chi connectivity index (χ2n) is 5.81. The first kappa shape index (κ1) is 21.0. The molecule has 1 atom stereocenters. The zero-order valence-electron chi connectivity index (χ0n) is 14.6. The summed E-state index contributed by atoms with van der Waals surface area (Å²) < 4.78 is 86.5. The average molecular weight is 440 g/mol. The smallest absolute Gasteiger partial charge is 0.408 e. The normalized spacial score (nSPS) is 13.0. The molecule has 156 valence electrons. The van der Waals surface area contributed by atoms with Gasteiger partial charge in [0.15, 0.2) is 0 Å². The van der Waals surface area contributed by atoms with Gasteiger partial charge in [-0.1, -0.05) is 11.6 Å². The average Bonchev–Trinajstić information content (AvgIpc) is 3.08. The van der Waals surface area contributed by atoms with Gasteiger partial charge in [0, 0.05) is 12.1 Å². The number of benzene rings is 1. The molecular formula is C16H12ClF6N5O. The van der Waals surface area contributed by atoms with Crippen LogP contribution in [0.1, 0.15) is 6.92 Å². The minimum Gasteiger partial charge on any atom is -0.491 e. The number of hydrogen-bond donors (Lipinski definition) is 1. The van der Waals surface area contributed by atoms with Crippen LogP contribution in [0.5, 0.6) is 5.75 Å². The number of anilines is 1. The van der Waals surface area contributed by atoms with E-state index >= 15 is 0 Å². The van der Waals surface area contributed by atoms with Crippen LogP contribution in [0.2, 0.25) is 5.15 Å². The molecule has 0 amide bonds. The number of rotatable bonds is 6. The minimum atomic E-state index is -4.68. The lowest BCUT2D eigenvalue weighted by Crippen LogP contribution is -2.34. The lowest BCUT2D eigenvalue weighted by Gasteiger charge is -2.21. The maximum Gasteiger partial charge on any atom is 0.408 e. The predicted molar refractivity (Wildman–Crippen MR) is 91.8 cm³/mol. The second-order valence-corrected chi connectivity index (χ2v) is 6.16. The summed E-state index contributed by atoms with van der Waals surface area (Å²) >= 11 is 6.04. The van der Waals surface area contributed by atoms with E-state index in [4.69, 9.17) is 16.3 Å². The van der Waals surface area contributed by atoms with E-state index in [2.05, 4.69) is 20.4 Å². The number of nitrogens with one attached hydrogen (secondary N) is 1. The van der Waals surface area contributed by atoms with Gasteiger partial charge in [0.05, 0.1) is 11.1 Å². The Morgan fingerprint density at radius 2 is 1.86 bits per heavy atom. The molecule has 1 aromatic carbocycles. The van der Waals surface area contributed by atoms with E-state index < -0.39 is 59.2 Å². The highest BCUT2D eigenvalue weighted by Crippen LogP contribution is 2.39. The summed E-state index contributed by atoms with van der Waals surface area (Å²) in [6, 6.07) is -0.606. The number of alkyl halides is 4. The predicted octanol–water partition coefficient (Wildman–Crippen LogP) is 4.43. The first-order valence-corrected chi connectivity index (χ1v) is 8.42. The molecule has 0 saturated heterocycles. The van der Waals surface area contributed by atoms with Crippen molar-refractivity contribution in [1.82, 2.24) is 19.6 Å². The maximum absolute atomic E-state index is 14.7. The zero-order valence-corrected chi connectivity index (χ0v) is 15.3. The Bertz CT molecular complexity index is 1020. The van der Waals surface area contributed by atoms with Crippen LogP contribution in [-0.4, -0.2) is 45.1 Å². The third-order valence-electron chi connectivity index (χ3n) is 3.84. The maximum atomic E-state index is 14.7. The van der Waals surface area contributed by atoms with Crippen LogP contribution in [0.15, 0.2) is 18.5 Å². The fourth-order valence-electron chi connectivity index (χ4n) is 2.49. The molecule has 6 nitrogen and oxygen atoms in total.